The summed E-state index contributed by atoms with van der Waals surface area (Å²) >= 11 is 0. The van der Waals surface area contributed by atoms with Crippen molar-refractivity contribution >= 4 is 0 Å². The Hall–Kier alpha value is -0.0800. The Morgan fingerprint density at radius 1 is 1.29 bits per heavy atom. The van der Waals surface area contributed by atoms with E-state index in [1.165, 1.54) is 12.8 Å². The van der Waals surface area contributed by atoms with Crippen LogP contribution in [0.25, 0.3) is 0 Å². The number of rotatable bonds is 4. The van der Waals surface area contributed by atoms with Crippen LogP contribution in [0.15, 0.2) is 0 Å². The summed E-state index contributed by atoms with van der Waals surface area (Å²) in [7, 11) is 0. The smallest absolute Gasteiger partial charge is 0.0705 e. The number of hydrogen-bond donors (Lipinski definition) is 0. The van der Waals surface area contributed by atoms with Crippen molar-refractivity contribution in [3.63, 3.8) is 0 Å². The van der Waals surface area contributed by atoms with Gasteiger partial charge in [0.15, 0.2) is 0 Å². The van der Waals surface area contributed by atoms with Crippen LogP contribution in [0, 0.1) is 11.8 Å². The lowest BCUT2D eigenvalue weighted by atomic mass is 9.87. The zero-order valence-electron chi connectivity index (χ0n) is 12.6. The number of nitrogens with zero attached hydrogens (tertiary/aromatic N) is 1. The topological polar surface area (TPSA) is 12.5 Å². The molecular formula is C15H31NO. The van der Waals surface area contributed by atoms with E-state index in [1.54, 1.807) is 0 Å². The molecule has 1 fully saturated rings. The molecule has 0 saturated carbocycles. The standard InChI is InChI=1S/C15H31NO/c1-7-13(12(2)3)10-14-11-16(8-9-17-14)15(4,5)6/h12-14H,7-11H2,1-6H3/t13?,14-/m1/s1. The van der Waals surface area contributed by atoms with Gasteiger partial charge in [0.25, 0.3) is 0 Å². The molecule has 0 aromatic rings. The lowest BCUT2D eigenvalue weighted by Gasteiger charge is -2.42. The molecular weight excluding hydrogens is 210 g/mol. The molecule has 0 amide bonds. The van der Waals surface area contributed by atoms with Crippen molar-refractivity contribution in [2.75, 3.05) is 19.7 Å². The number of ether oxygens (including phenoxy) is 1. The van der Waals surface area contributed by atoms with Crippen LogP contribution in [0.4, 0.5) is 0 Å². The normalized spacial score (nSPS) is 25.2. The van der Waals surface area contributed by atoms with Crippen LogP contribution < -0.4 is 0 Å². The molecule has 2 heteroatoms. The minimum absolute atomic E-state index is 0.279. The Labute approximate surface area is 108 Å². The monoisotopic (exact) mass is 241 g/mol. The second-order valence-corrected chi connectivity index (χ2v) is 6.76. The molecule has 102 valence electrons. The first-order valence-electron chi connectivity index (χ1n) is 7.21. The van der Waals surface area contributed by atoms with Gasteiger partial charge in [-0.1, -0.05) is 27.2 Å². The SMILES string of the molecule is CCC(C[C@@H]1CN(C(C)(C)C)CCO1)C(C)C. The Morgan fingerprint density at radius 2 is 1.94 bits per heavy atom. The van der Waals surface area contributed by atoms with Crippen LogP contribution in [0.2, 0.25) is 0 Å². The van der Waals surface area contributed by atoms with Gasteiger partial charge in [-0.25, -0.2) is 0 Å². The van der Waals surface area contributed by atoms with Gasteiger partial charge in [0.1, 0.15) is 0 Å². The van der Waals surface area contributed by atoms with Crippen molar-refractivity contribution in [1.82, 2.24) is 4.90 Å². The van der Waals surface area contributed by atoms with Crippen LogP contribution in [0.3, 0.4) is 0 Å². The van der Waals surface area contributed by atoms with Crippen LogP contribution in [0.5, 0.6) is 0 Å². The first-order valence-corrected chi connectivity index (χ1v) is 7.21. The highest BCUT2D eigenvalue weighted by Gasteiger charge is 2.29. The van der Waals surface area contributed by atoms with Gasteiger partial charge in [0.05, 0.1) is 12.7 Å². The maximum Gasteiger partial charge on any atom is 0.0705 e. The summed E-state index contributed by atoms with van der Waals surface area (Å²) < 4.78 is 5.94. The van der Waals surface area contributed by atoms with Gasteiger partial charge in [-0.05, 0) is 39.0 Å². The minimum Gasteiger partial charge on any atom is -0.376 e. The van der Waals surface area contributed by atoms with Gasteiger partial charge in [0, 0.05) is 18.6 Å². The maximum atomic E-state index is 5.94. The molecule has 2 nitrogen and oxygen atoms in total. The largest absolute Gasteiger partial charge is 0.376 e. The van der Waals surface area contributed by atoms with Crippen molar-refractivity contribution in [3.05, 3.63) is 0 Å². The molecule has 1 rings (SSSR count). The maximum absolute atomic E-state index is 5.94. The predicted molar refractivity (Wildman–Crippen MR) is 74.3 cm³/mol. The van der Waals surface area contributed by atoms with Crippen molar-refractivity contribution in [3.8, 4) is 0 Å². The van der Waals surface area contributed by atoms with E-state index in [0.29, 0.717) is 6.10 Å². The fourth-order valence-electron chi connectivity index (χ4n) is 2.72. The molecule has 1 aliphatic heterocycles. The quantitative estimate of drug-likeness (QED) is 0.746. The molecule has 2 atom stereocenters. The summed E-state index contributed by atoms with van der Waals surface area (Å²) in [5, 5.41) is 0. The molecule has 0 aromatic heterocycles. The average molecular weight is 241 g/mol. The van der Waals surface area contributed by atoms with Crippen molar-refractivity contribution in [2.24, 2.45) is 11.8 Å². The fourth-order valence-corrected chi connectivity index (χ4v) is 2.72. The first kappa shape index (κ1) is 15.0. The third-order valence-corrected chi connectivity index (χ3v) is 4.12. The molecule has 0 aliphatic carbocycles. The highest BCUT2D eigenvalue weighted by atomic mass is 16.5. The predicted octanol–water partition coefficient (Wildman–Crippen LogP) is 3.56. The molecule has 17 heavy (non-hydrogen) atoms. The molecule has 1 aliphatic rings. The summed E-state index contributed by atoms with van der Waals surface area (Å²) in [6.45, 7) is 17.0. The Bertz CT molecular complexity index is 217. The Kier molecular flexibility index (Phi) is 5.46. The summed E-state index contributed by atoms with van der Waals surface area (Å²) in [6.07, 6.45) is 2.93. The third kappa shape index (κ3) is 4.59. The van der Waals surface area contributed by atoms with Crippen LogP contribution in [-0.4, -0.2) is 36.2 Å². The molecule has 0 radical (unpaired) electrons. The molecule has 1 heterocycles. The van der Waals surface area contributed by atoms with E-state index in [9.17, 15) is 0 Å². The third-order valence-electron chi connectivity index (χ3n) is 4.12. The van der Waals surface area contributed by atoms with Gasteiger partial charge < -0.3 is 4.74 Å². The highest BCUT2D eigenvalue weighted by molar-refractivity contribution is 4.83. The van der Waals surface area contributed by atoms with E-state index in [2.05, 4.69) is 46.4 Å². The minimum atomic E-state index is 0.279. The van der Waals surface area contributed by atoms with Crippen molar-refractivity contribution < 1.29 is 4.74 Å². The lowest BCUT2D eigenvalue weighted by Crippen LogP contribution is -2.51. The van der Waals surface area contributed by atoms with Crippen LogP contribution in [-0.2, 0) is 4.74 Å². The van der Waals surface area contributed by atoms with Gasteiger partial charge in [-0.2, -0.15) is 0 Å². The van der Waals surface area contributed by atoms with Crippen molar-refractivity contribution in [2.45, 2.75) is 66.0 Å². The summed E-state index contributed by atoms with van der Waals surface area (Å²) in [6, 6.07) is 0. The van der Waals surface area contributed by atoms with Gasteiger partial charge in [-0.3, -0.25) is 4.90 Å². The Balaban J connectivity index is 2.49. The zero-order chi connectivity index (χ0) is 13.1. The number of hydrogen-bond acceptors (Lipinski definition) is 2. The molecule has 1 saturated heterocycles. The molecule has 0 spiro atoms. The van der Waals surface area contributed by atoms with E-state index < -0.39 is 0 Å². The molecule has 0 N–H and O–H groups in total. The lowest BCUT2D eigenvalue weighted by molar-refractivity contribution is -0.0687. The van der Waals surface area contributed by atoms with Crippen LogP contribution in [0.1, 0.15) is 54.4 Å². The van der Waals surface area contributed by atoms with E-state index in [0.717, 1.165) is 31.5 Å². The molecule has 0 aromatic carbocycles. The van der Waals surface area contributed by atoms with E-state index in [1.807, 2.05) is 0 Å². The van der Waals surface area contributed by atoms with Gasteiger partial charge >= 0.3 is 0 Å². The summed E-state index contributed by atoms with van der Waals surface area (Å²) in [5.74, 6) is 1.58. The highest BCUT2D eigenvalue weighted by Crippen LogP contribution is 2.25. The average Bonchev–Trinajstić information content (AvgIpc) is 2.24. The van der Waals surface area contributed by atoms with Crippen LogP contribution >= 0.6 is 0 Å². The fraction of sp³-hybridized carbons (Fsp3) is 1.00. The Morgan fingerprint density at radius 3 is 2.41 bits per heavy atom. The summed E-state index contributed by atoms with van der Waals surface area (Å²) in [5.41, 5.74) is 0.279. The first-order chi connectivity index (χ1) is 7.84. The summed E-state index contributed by atoms with van der Waals surface area (Å²) in [4.78, 5) is 2.56. The second-order valence-electron chi connectivity index (χ2n) is 6.76. The van der Waals surface area contributed by atoms with Crippen molar-refractivity contribution in [1.29, 1.82) is 0 Å². The van der Waals surface area contributed by atoms with E-state index in [-0.39, 0.29) is 5.54 Å². The zero-order valence-corrected chi connectivity index (χ0v) is 12.6. The molecule has 1 unspecified atom stereocenters. The van der Waals surface area contributed by atoms with Gasteiger partial charge in [-0.15, -0.1) is 0 Å². The van der Waals surface area contributed by atoms with Gasteiger partial charge in [0.2, 0.25) is 0 Å². The second kappa shape index (κ2) is 6.19. The van der Waals surface area contributed by atoms with E-state index in [4.69, 9.17) is 4.74 Å². The van der Waals surface area contributed by atoms with E-state index >= 15 is 0 Å². The molecule has 0 bridgehead atoms. The number of morpholine rings is 1.